The molecule has 1 aliphatic heterocycles. The Labute approximate surface area is 174 Å². The van der Waals surface area contributed by atoms with Crippen LogP contribution in [0.3, 0.4) is 0 Å². The average Bonchev–Trinajstić information content (AvgIpc) is 3.35. The summed E-state index contributed by atoms with van der Waals surface area (Å²) in [5.41, 5.74) is 5.13. The summed E-state index contributed by atoms with van der Waals surface area (Å²) in [7, 11) is 0. The number of nitrogens with zero attached hydrogens (tertiary/aromatic N) is 7. The third kappa shape index (κ3) is 2.90. The molecule has 0 aliphatic carbocycles. The molecule has 0 bridgehead atoms. The molecule has 1 saturated heterocycles. The van der Waals surface area contributed by atoms with Crippen molar-refractivity contribution in [3.05, 3.63) is 72.3 Å². The van der Waals surface area contributed by atoms with Gasteiger partial charge in [0, 0.05) is 56.6 Å². The summed E-state index contributed by atoms with van der Waals surface area (Å²) in [4.78, 5) is 14.6. The lowest BCUT2D eigenvalue weighted by atomic mass is 10.2. The lowest BCUT2D eigenvalue weighted by molar-refractivity contribution is 0.247. The molecular weight excluding hydrogens is 374 g/mol. The fourth-order valence-corrected chi connectivity index (χ4v) is 4.41. The van der Waals surface area contributed by atoms with Crippen molar-refractivity contribution in [2.75, 3.05) is 31.1 Å². The Morgan fingerprint density at radius 3 is 2.60 bits per heavy atom. The monoisotopic (exact) mass is 397 g/mol. The largest absolute Gasteiger partial charge is 0.353 e. The minimum Gasteiger partial charge on any atom is -0.353 e. The van der Waals surface area contributed by atoms with Crippen molar-refractivity contribution in [2.24, 2.45) is 0 Å². The molecule has 1 aliphatic rings. The quantitative estimate of drug-likeness (QED) is 0.468. The molecule has 0 radical (unpaired) electrons. The Hall–Kier alpha value is -3.45. The van der Waals surface area contributed by atoms with Gasteiger partial charge in [-0.2, -0.15) is 5.10 Å². The lowest BCUT2D eigenvalue weighted by Gasteiger charge is -2.35. The first-order valence-corrected chi connectivity index (χ1v) is 10.4. The van der Waals surface area contributed by atoms with Crippen molar-refractivity contribution in [3.8, 4) is 0 Å². The van der Waals surface area contributed by atoms with Crippen LogP contribution in [-0.4, -0.2) is 55.1 Å². The van der Waals surface area contributed by atoms with Crippen molar-refractivity contribution in [1.82, 2.24) is 28.9 Å². The van der Waals surface area contributed by atoms with E-state index in [9.17, 15) is 0 Å². The second-order valence-corrected chi connectivity index (χ2v) is 7.97. The number of aromatic nitrogens is 5. The average molecular weight is 397 g/mol. The number of imidazole rings is 1. The minimum atomic E-state index is 0.880. The molecule has 1 fully saturated rings. The number of rotatable bonds is 3. The molecule has 6 rings (SSSR count). The Bertz CT molecular complexity index is 1330. The van der Waals surface area contributed by atoms with E-state index < -0.39 is 0 Å². The summed E-state index contributed by atoms with van der Waals surface area (Å²) < 4.78 is 4.04. The highest BCUT2D eigenvalue weighted by atomic mass is 15.3. The first kappa shape index (κ1) is 17.4. The highest BCUT2D eigenvalue weighted by Gasteiger charge is 2.22. The molecule has 0 amide bonds. The number of hydrogen-bond donors (Lipinski definition) is 0. The molecule has 30 heavy (non-hydrogen) atoms. The number of piperazine rings is 1. The molecule has 7 nitrogen and oxygen atoms in total. The van der Waals surface area contributed by atoms with E-state index in [1.54, 1.807) is 0 Å². The van der Waals surface area contributed by atoms with Gasteiger partial charge in [0.25, 0.3) is 0 Å². The van der Waals surface area contributed by atoms with E-state index >= 15 is 0 Å². The molecule has 0 atom stereocenters. The van der Waals surface area contributed by atoms with Crippen molar-refractivity contribution < 1.29 is 0 Å². The van der Waals surface area contributed by atoms with Gasteiger partial charge < -0.3 is 9.30 Å². The van der Waals surface area contributed by atoms with Gasteiger partial charge in [-0.3, -0.25) is 4.90 Å². The number of hydrogen-bond acceptors (Lipinski definition) is 5. The predicted molar refractivity (Wildman–Crippen MR) is 118 cm³/mol. The van der Waals surface area contributed by atoms with Crippen LogP contribution in [0, 0.1) is 6.92 Å². The van der Waals surface area contributed by atoms with Gasteiger partial charge in [-0.15, -0.1) is 0 Å². The van der Waals surface area contributed by atoms with E-state index in [2.05, 4.69) is 62.0 Å². The Morgan fingerprint density at radius 2 is 1.73 bits per heavy atom. The highest BCUT2D eigenvalue weighted by Crippen LogP contribution is 2.27. The van der Waals surface area contributed by atoms with Crippen LogP contribution in [0.5, 0.6) is 0 Å². The van der Waals surface area contributed by atoms with Crippen LogP contribution >= 0.6 is 0 Å². The van der Waals surface area contributed by atoms with Gasteiger partial charge >= 0.3 is 0 Å². The molecule has 1 aromatic carbocycles. The van der Waals surface area contributed by atoms with Gasteiger partial charge in [-0.05, 0) is 31.2 Å². The Morgan fingerprint density at radius 1 is 0.900 bits per heavy atom. The zero-order valence-electron chi connectivity index (χ0n) is 16.9. The Kier molecular flexibility index (Phi) is 3.95. The first-order chi connectivity index (χ1) is 14.7. The van der Waals surface area contributed by atoms with Crippen molar-refractivity contribution in [3.63, 3.8) is 0 Å². The normalized spacial score (nSPS) is 15.6. The fourth-order valence-electron chi connectivity index (χ4n) is 4.41. The Balaban J connectivity index is 1.25. The maximum absolute atomic E-state index is 4.98. The van der Waals surface area contributed by atoms with Crippen molar-refractivity contribution in [1.29, 1.82) is 0 Å². The molecule has 150 valence electrons. The zero-order chi connectivity index (χ0) is 20.1. The van der Waals surface area contributed by atoms with E-state index in [0.717, 1.165) is 72.1 Å². The standard InChI is InChI=1S/C23H23N7/c1-17-14-22-25-23(19-6-2-3-7-20(19)30(22)26-17)28-12-10-27(11-13-28)15-18-16-29-9-5-4-8-21(29)24-18/h2-9,14,16H,10-13,15H2,1H3. The molecule has 0 saturated carbocycles. The first-order valence-electron chi connectivity index (χ1n) is 10.4. The summed E-state index contributed by atoms with van der Waals surface area (Å²) in [6.07, 6.45) is 4.18. The number of anilines is 1. The van der Waals surface area contributed by atoms with Gasteiger partial charge in [0.2, 0.25) is 0 Å². The molecule has 0 N–H and O–H groups in total. The van der Waals surface area contributed by atoms with Gasteiger partial charge in [-0.1, -0.05) is 18.2 Å². The summed E-state index contributed by atoms with van der Waals surface area (Å²) in [5.74, 6) is 1.06. The van der Waals surface area contributed by atoms with Crippen LogP contribution in [0.15, 0.2) is 60.9 Å². The summed E-state index contributed by atoms with van der Waals surface area (Å²) in [5, 5.41) is 5.78. The van der Waals surface area contributed by atoms with Gasteiger partial charge in [0.05, 0.1) is 16.9 Å². The predicted octanol–water partition coefficient (Wildman–Crippen LogP) is 3.16. The summed E-state index contributed by atoms with van der Waals surface area (Å²) >= 11 is 0. The second-order valence-electron chi connectivity index (χ2n) is 7.97. The zero-order valence-corrected chi connectivity index (χ0v) is 16.9. The number of fused-ring (bicyclic) bond motifs is 4. The maximum Gasteiger partial charge on any atom is 0.158 e. The number of aryl methyl sites for hydroxylation is 1. The van der Waals surface area contributed by atoms with E-state index in [1.807, 2.05) is 29.6 Å². The summed E-state index contributed by atoms with van der Waals surface area (Å²) in [6, 6.07) is 16.6. The number of benzene rings is 1. The SMILES string of the molecule is Cc1cc2nc(N3CCN(Cc4cn5ccccc5n4)CC3)c3ccccc3n2n1. The molecule has 7 heteroatoms. The van der Waals surface area contributed by atoms with Crippen LogP contribution in [0.1, 0.15) is 11.4 Å². The van der Waals surface area contributed by atoms with Crippen LogP contribution in [0.25, 0.3) is 22.2 Å². The van der Waals surface area contributed by atoms with Crippen LogP contribution in [0.2, 0.25) is 0 Å². The molecule has 4 aromatic heterocycles. The van der Waals surface area contributed by atoms with E-state index in [4.69, 9.17) is 9.97 Å². The van der Waals surface area contributed by atoms with Crippen molar-refractivity contribution in [2.45, 2.75) is 13.5 Å². The van der Waals surface area contributed by atoms with Gasteiger partial charge in [0.15, 0.2) is 5.65 Å². The molecule has 5 aromatic rings. The fraction of sp³-hybridized carbons (Fsp3) is 0.261. The maximum atomic E-state index is 4.98. The highest BCUT2D eigenvalue weighted by molar-refractivity contribution is 5.91. The lowest BCUT2D eigenvalue weighted by Crippen LogP contribution is -2.46. The van der Waals surface area contributed by atoms with Gasteiger partial charge in [-0.25, -0.2) is 14.5 Å². The third-order valence-corrected chi connectivity index (χ3v) is 5.88. The van der Waals surface area contributed by atoms with Crippen LogP contribution in [-0.2, 0) is 6.54 Å². The van der Waals surface area contributed by atoms with E-state index in [1.165, 1.54) is 0 Å². The number of para-hydroxylation sites is 1. The molecular formula is C23H23N7. The van der Waals surface area contributed by atoms with E-state index in [-0.39, 0.29) is 0 Å². The second kappa shape index (κ2) is 6.81. The van der Waals surface area contributed by atoms with E-state index in [0.29, 0.717) is 0 Å². The minimum absolute atomic E-state index is 0.880. The smallest absolute Gasteiger partial charge is 0.158 e. The van der Waals surface area contributed by atoms with Crippen LogP contribution < -0.4 is 4.90 Å². The topological polar surface area (TPSA) is 54.0 Å². The van der Waals surface area contributed by atoms with Gasteiger partial charge in [0.1, 0.15) is 11.5 Å². The summed E-state index contributed by atoms with van der Waals surface area (Å²) in [6.45, 7) is 6.79. The van der Waals surface area contributed by atoms with Crippen molar-refractivity contribution >= 4 is 28.0 Å². The third-order valence-electron chi connectivity index (χ3n) is 5.88. The molecule has 5 heterocycles. The molecule has 0 unspecified atom stereocenters. The van der Waals surface area contributed by atoms with Crippen LogP contribution in [0.4, 0.5) is 5.82 Å². The number of pyridine rings is 1. The molecule has 0 spiro atoms.